The molecule has 0 bridgehead atoms. The molecular formula is C14H21BrN2. The average Bonchev–Trinajstić information content (AvgIpc) is 2.38. The first-order valence-electron chi connectivity index (χ1n) is 6.60. The number of pyridine rings is 1. The lowest BCUT2D eigenvalue weighted by Crippen LogP contribution is -2.31. The molecule has 1 aliphatic carbocycles. The molecule has 0 amide bonds. The molecule has 1 aliphatic rings. The Morgan fingerprint density at radius 2 is 2.24 bits per heavy atom. The fourth-order valence-corrected chi connectivity index (χ4v) is 3.58. The number of nitrogens with zero attached hydrogens (tertiary/aromatic N) is 1. The van der Waals surface area contributed by atoms with E-state index in [1.807, 2.05) is 18.3 Å². The number of halogens is 1. The van der Waals surface area contributed by atoms with Crippen molar-refractivity contribution < 1.29 is 0 Å². The van der Waals surface area contributed by atoms with Gasteiger partial charge in [0.05, 0.1) is 11.7 Å². The van der Waals surface area contributed by atoms with Crippen LogP contribution in [0.25, 0.3) is 0 Å². The summed E-state index contributed by atoms with van der Waals surface area (Å²) in [6.45, 7) is 2.28. The van der Waals surface area contributed by atoms with Gasteiger partial charge in [-0.05, 0) is 46.3 Å². The van der Waals surface area contributed by atoms with Gasteiger partial charge in [-0.3, -0.25) is 4.98 Å². The van der Waals surface area contributed by atoms with E-state index >= 15 is 0 Å². The van der Waals surface area contributed by atoms with Gasteiger partial charge in [0.2, 0.25) is 0 Å². The third-order valence-electron chi connectivity index (χ3n) is 4.06. The summed E-state index contributed by atoms with van der Waals surface area (Å²) in [4.78, 5) is 4.45. The normalized spacial score (nSPS) is 26.8. The van der Waals surface area contributed by atoms with Crippen molar-refractivity contribution in [3.05, 3.63) is 28.5 Å². The Bertz CT molecular complexity index is 367. The molecule has 0 radical (unpaired) electrons. The summed E-state index contributed by atoms with van der Waals surface area (Å²) < 4.78 is 1.05. The van der Waals surface area contributed by atoms with Gasteiger partial charge in [0.15, 0.2) is 0 Å². The standard InChI is InChI=1S/C14H21BrN2/c1-2-10-6-3-4-7-11(10)13(16)14-12(15)8-5-9-17-14/h5,8-11,13H,2-4,6-7,16H2,1H3. The largest absolute Gasteiger partial charge is 0.322 e. The molecule has 0 saturated heterocycles. The van der Waals surface area contributed by atoms with Crippen LogP contribution in [-0.4, -0.2) is 4.98 Å². The summed E-state index contributed by atoms with van der Waals surface area (Å²) in [5.41, 5.74) is 7.47. The van der Waals surface area contributed by atoms with Crippen LogP contribution in [0.4, 0.5) is 0 Å². The molecular weight excluding hydrogens is 276 g/mol. The molecule has 0 aromatic carbocycles. The number of nitrogens with two attached hydrogens (primary N) is 1. The van der Waals surface area contributed by atoms with E-state index in [1.54, 1.807) is 0 Å². The maximum atomic E-state index is 6.44. The van der Waals surface area contributed by atoms with Crippen LogP contribution in [-0.2, 0) is 0 Å². The third kappa shape index (κ3) is 2.89. The third-order valence-corrected chi connectivity index (χ3v) is 4.73. The molecule has 1 aromatic rings. The van der Waals surface area contributed by atoms with Crippen molar-refractivity contribution in [2.24, 2.45) is 17.6 Å². The van der Waals surface area contributed by atoms with Crippen LogP contribution in [0.15, 0.2) is 22.8 Å². The SMILES string of the molecule is CCC1CCCCC1C(N)c1ncccc1Br. The molecule has 1 aromatic heterocycles. The van der Waals surface area contributed by atoms with Crippen molar-refractivity contribution in [3.8, 4) is 0 Å². The molecule has 3 heteroatoms. The second-order valence-corrected chi connectivity index (χ2v) is 5.87. The summed E-state index contributed by atoms with van der Waals surface area (Å²) in [5.74, 6) is 1.37. The lowest BCUT2D eigenvalue weighted by molar-refractivity contribution is 0.194. The smallest absolute Gasteiger partial charge is 0.0715 e. The first-order chi connectivity index (χ1) is 8.24. The van der Waals surface area contributed by atoms with Gasteiger partial charge in [-0.15, -0.1) is 0 Å². The zero-order valence-electron chi connectivity index (χ0n) is 10.4. The highest BCUT2D eigenvalue weighted by molar-refractivity contribution is 9.10. The second kappa shape index (κ2) is 5.96. The Morgan fingerprint density at radius 3 is 2.94 bits per heavy atom. The number of rotatable bonds is 3. The van der Waals surface area contributed by atoms with E-state index < -0.39 is 0 Å². The highest BCUT2D eigenvalue weighted by Crippen LogP contribution is 2.39. The Morgan fingerprint density at radius 1 is 1.47 bits per heavy atom. The summed E-state index contributed by atoms with van der Waals surface area (Å²) in [6, 6.07) is 4.06. The van der Waals surface area contributed by atoms with Crippen LogP contribution < -0.4 is 5.73 Å². The summed E-state index contributed by atoms with van der Waals surface area (Å²) in [5, 5.41) is 0. The highest BCUT2D eigenvalue weighted by atomic mass is 79.9. The van der Waals surface area contributed by atoms with E-state index in [0.29, 0.717) is 5.92 Å². The highest BCUT2D eigenvalue weighted by Gasteiger charge is 2.30. The summed E-state index contributed by atoms with van der Waals surface area (Å²) in [6.07, 6.45) is 8.35. The Balaban J connectivity index is 2.18. The van der Waals surface area contributed by atoms with Gasteiger partial charge < -0.3 is 5.73 Å². The van der Waals surface area contributed by atoms with E-state index in [-0.39, 0.29) is 6.04 Å². The van der Waals surface area contributed by atoms with Crippen LogP contribution in [0.3, 0.4) is 0 Å². The molecule has 1 heterocycles. The Hall–Kier alpha value is -0.410. The van der Waals surface area contributed by atoms with E-state index in [1.165, 1.54) is 32.1 Å². The first-order valence-corrected chi connectivity index (χ1v) is 7.39. The molecule has 1 saturated carbocycles. The average molecular weight is 297 g/mol. The topological polar surface area (TPSA) is 38.9 Å². The van der Waals surface area contributed by atoms with Gasteiger partial charge in [0.1, 0.15) is 0 Å². The van der Waals surface area contributed by atoms with E-state index in [2.05, 4.69) is 27.8 Å². The first kappa shape index (κ1) is 13.0. The molecule has 3 atom stereocenters. The van der Waals surface area contributed by atoms with Gasteiger partial charge in [-0.25, -0.2) is 0 Å². The van der Waals surface area contributed by atoms with Gasteiger partial charge >= 0.3 is 0 Å². The molecule has 1 fully saturated rings. The van der Waals surface area contributed by atoms with Gasteiger partial charge in [-0.1, -0.05) is 32.6 Å². The van der Waals surface area contributed by atoms with Crippen LogP contribution in [0, 0.1) is 11.8 Å². The molecule has 2 rings (SSSR count). The quantitative estimate of drug-likeness (QED) is 0.913. The number of hydrogen-bond donors (Lipinski definition) is 1. The lowest BCUT2D eigenvalue weighted by atomic mass is 9.73. The van der Waals surface area contributed by atoms with Crippen molar-refractivity contribution >= 4 is 15.9 Å². The summed E-state index contributed by atoms with van der Waals surface area (Å²) >= 11 is 3.56. The Labute approximate surface area is 112 Å². The molecule has 3 unspecified atom stereocenters. The fraction of sp³-hybridized carbons (Fsp3) is 0.643. The van der Waals surface area contributed by atoms with Crippen molar-refractivity contribution in [2.75, 3.05) is 0 Å². The molecule has 17 heavy (non-hydrogen) atoms. The zero-order chi connectivity index (χ0) is 12.3. The number of hydrogen-bond acceptors (Lipinski definition) is 2. The molecule has 0 spiro atoms. The zero-order valence-corrected chi connectivity index (χ0v) is 12.0. The number of aromatic nitrogens is 1. The predicted octanol–water partition coefficient (Wildman–Crippen LogP) is 4.06. The second-order valence-electron chi connectivity index (χ2n) is 5.01. The monoisotopic (exact) mass is 296 g/mol. The summed E-state index contributed by atoms with van der Waals surface area (Å²) in [7, 11) is 0. The van der Waals surface area contributed by atoms with E-state index in [0.717, 1.165) is 16.1 Å². The van der Waals surface area contributed by atoms with Crippen molar-refractivity contribution in [1.29, 1.82) is 0 Å². The maximum absolute atomic E-state index is 6.44. The molecule has 0 aliphatic heterocycles. The van der Waals surface area contributed by atoms with Crippen LogP contribution in [0.2, 0.25) is 0 Å². The van der Waals surface area contributed by atoms with Crippen molar-refractivity contribution in [2.45, 2.75) is 45.1 Å². The van der Waals surface area contributed by atoms with Crippen molar-refractivity contribution in [1.82, 2.24) is 4.98 Å². The predicted molar refractivity (Wildman–Crippen MR) is 74.6 cm³/mol. The van der Waals surface area contributed by atoms with Gasteiger partial charge in [0, 0.05) is 10.7 Å². The lowest BCUT2D eigenvalue weighted by Gasteiger charge is -2.35. The molecule has 94 valence electrons. The molecule has 2 nitrogen and oxygen atoms in total. The van der Waals surface area contributed by atoms with Crippen LogP contribution in [0.1, 0.15) is 50.8 Å². The van der Waals surface area contributed by atoms with Gasteiger partial charge in [0.25, 0.3) is 0 Å². The maximum Gasteiger partial charge on any atom is 0.0715 e. The van der Waals surface area contributed by atoms with Crippen LogP contribution >= 0.6 is 15.9 Å². The van der Waals surface area contributed by atoms with Crippen molar-refractivity contribution in [3.63, 3.8) is 0 Å². The fourth-order valence-electron chi connectivity index (χ4n) is 3.06. The van der Waals surface area contributed by atoms with Gasteiger partial charge in [-0.2, -0.15) is 0 Å². The van der Waals surface area contributed by atoms with E-state index in [4.69, 9.17) is 5.73 Å². The van der Waals surface area contributed by atoms with Crippen LogP contribution in [0.5, 0.6) is 0 Å². The minimum Gasteiger partial charge on any atom is -0.322 e. The minimum atomic E-state index is 0.0795. The minimum absolute atomic E-state index is 0.0795. The molecule has 2 N–H and O–H groups in total. The van der Waals surface area contributed by atoms with E-state index in [9.17, 15) is 0 Å². The Kier molecular flexibility index (Phi) is 4.57.